The molecule has 0 amide bonds. The Kier molecular flexibility index (Phi) is 7.55. The van der Waals surface area contributed by atoms with Gasteiger partial charge in [-0.05, 0) is 31.3 Å². The SMILES string of the molecule is CCCc1c(C(=O)OCC)nnn1CCCSCC. The highest BCUT2D eigenvalue weighted by Crippen LogP contribution is 2.12. The molecule has 1 aromatic rings. The van der Waals surface area contributed by atoms with Crippen molar-refractivity contribution in [2.45, 2.75) is 46.6 Å². The summed E-state index contributed by atoms with van der Waals surface area (Å²) in [5.41, 5.74) is 1.29. The van der Waals surface area contributed by atoms with E-state index >= 15 is 0 Å². The molecular weight excluding hydrogens is 262 g/mol. The van der Waals surface area contributed by atoms with Crippen LogP contribution in [0.5, 0.6) is 0 Å². The van der Waals surface area contributed by atoms with E-state index in [4.69, 9.17) is 4.74 Å². The average Bonchev–Trinajstić information content (AvgIpc) is 2.79. The molecule has 19 heavy (non-hydrogen) atoms. The van der Waals surface area contributed by atoms with Crippen LogP contribution in [0.15, 0.2) is 0 Å². The molecule has 1 heterocycles. The minimum absolute atomic E-state index is 0.361. The summed E-state index contributed by atoms with van der Waals surface area (Å²) in [6.45, 7) is 7.21. The number of carbonyl (C=O) groups excluding carboxylic acids is 1. The zero-order valence-corrected chi connectivity index (χ0v) is 12.8. The van der Waals surface area contributed by atoms with Gasteiger partial charge in [0.25, 0.3) is 0 Å². The summed E-state index contributed by atoms with van der Waals surface area (Å²) in [7, 11) is 0. The number of nitrogens with zero attached hydrogens (tertiary/aromatic N) is 3. The number of ether oxygens (including phenoxy) is 1. The maximum atomic E-state index is 11.8. The van der Waals surface area contributed by atoms with Crippen LogP contribution in [0, 0.1) is 0 Å². The first kappa shape index (κ1) is 16.0. The van der Waals surface area contributed by atoms with Crippen molar-refractivity contribution in [3.05, 3.63) is 11.4 Å². The van der Waals surface area contributed by atoms with Crippen molar-refractivity contribution in [3.63, 3.8) is 0 Å². The predicted molar refractivity (Wildman–Crippen MR) is 77.6 cm³/mol. The van der Waals surface area contributed by atoms with Crippen molar-refractivity contribution in [2.75, 3.05) is 18.1 Å². The van der Waals surface area contributed by atoms with Gasteiger partial charge < -0.3 is 4.74 Å². The maximum absolute atomic E-state index is 11.8. The molecule has 0 bridgehead atoms. The summed E-state index contributed by atoms with van der Waals surface area (Å²) in [5.74, 6) is 1.88. The van der Waals surface area contributed by atoms with Gasteiger partial charge in [-0.25, -0.2) is 9.48 Å². The third-order valence-electron chi connectivity index (χ3n) is 2.66. The highest BCUT2D eigenvalue weighted by Gasteiger charge is 2.19. The van der Waals surface area contributed by atoms with Crippen molar-refractivity contribution in [1.29, 1.82) is 0 Å². The van der Waals surface area contributed by atoms with Crippen LogP contribution >= 0.6 is 11.8 Å². The summed E-state index contributed by atoms with van der Waals surface area (Å²) in [5, 5.41) is 8.08. The molecular formula is C13H23N3O2S. The van der Waals surface area contributed by atoms with E-state index < -0.39 is 0 Å². The van der Waals surface area contributed by atoms with E-state index in [9.17, 15) is 4.79 Å². The number of rotatable bonds is 9. The van der Waals surface area contributed by atoms with E-state index in [0.717, 1.165) is 43.0 Å². The molecule has 0 N–H and O–H groups in total. The van der Waals surface area contributed by atoms with Gasteiger partial charge in [0.15, 0.2) is 5.69 Å². The Morgan fingerprint density at radius 2 is 2.16 bits per heavy atom. The smallest absolute Gasteiger partial charge is 0.360 e. The van der Waals surface area contributed by atoms with Crippen LogP contribution in [0.4, 0.5) is 0 Å². The molecule has 0 atom stereocenters. The Labute approximate surface area is 119 Å². The van der Waals surface area contributed by atoms with E-state index in [0.29, 0.717) is 12.3 Å². The van der Waals surface area contributed by atoms with Crippen LogP contribution in [-0.2, 0) is 17.7 Å². The van der Waals surface area contributed by atoms with Crippen LogP contribution in [0.25, 0.3) is 0 Å². The van der Waals surface area contributed by atoms with E-state index in [1.165, 1.54) is 0 Å². The summed E-state index contributed by atoms with van der Waals surface area (Å²) in [6, 6.07) is 0. The van der Waals surface area contributed by atoms with Gasteiger partial charge in [0.05, 0.1) is 12.3 Å². The largest absolute Gasteiger partial charge is 0.461 e. The highest BCUT2D eigenvalue weighted by molar-refractivity contribution is 7.99. The van der Waals surface area contributed by atoms with Crippen molar-refractivity contribution in [2.24, 2.45) is 0 Å². The van der Waals surface area contributed by atoms with E-state index in [1.807, 2.05) is 16.4 Å². The van der Waals surface area contributed by atoms with E-state index in [2.05, 4.69) is 24.2 Å². The zero-order valence-electron chi connectivity index (χ0n) is 12.0. The maximum Gasteiger partial charge on any atom is 0.360 e. The zero-order chi connectivity index (χ0) is 14.1. The Balaban J connectivity index is 2.72. The van der Waals surface area contributed by atoms with Gasteiger partial charge in [-0.3, -0.25) is 0 Å². The van der Waals surface area contributed by atoms with Crippen molar-refractivity contribution in [3.8, 4) is 0 Å². The second kappa shape index (κ2) is 8.96. The molecule has 108 valence electrons. The molecule has 0 aliphatic carbocycles. The lowest BCUT2D eigenvalue weighted by atomic mass is 10.2. The van der Waals surface area contributed by atoms with Gasteiger partial charge in [-0.15, -0.1) is 5.10 Å². The average molecular weight is 285 g/mol. The molecule has 0 aliphatic heterocycles. The molecule has 0 spiro atoms. The van der Waals surface area contributed by atoms with Gasteiger partial charge in [0.1, 0.15) is 0 Å². The number of thioether (sulfide) groups is 1. The Morgan fingerprint density at radius 3 is 2.79 bits per heavy atom. The molecule has 1 aromatic heterocycles. The van der Waals surface area contributed by atoms with Crippen molar-refractivity contribution in [1.82, 2.24) is 15.0 Å². The van der Waals surface area contributed by atoms with Crippen LogP contribution in [-0.4, -0.2) is 39.1 Å². The molecule has 0 aromatic carbocycles. The van der Waals surface area contributed by atoms with Gasteiger partial charge >= 0.3 is 5.97 Å². The predicted octanol–water partition coefficient (Wildman–Crippen LogP) is 2.55. The minimum atomic E-state index is -0.361. The topological polar surface area (TPSA) is 57.0 Å². The standard InChI is InChI=1S/C13H23N3O2S/c1-4-8-11-12(13(17)18-5-2)14-15-16(11)9-7-10-19-6-3/h4-10H2,1-3H3. The second-order valence-corrected chi connectivity index (χ2v) is 5.52. The lowest BCUT2D eigenvalue weighted by Crippen LogP contribution is -2.11. The number of hydrogen-bond acceptors (Lipinski definition) is 5. The molecule has 0 saturated carbocycles. The first-order valence-electron chi connectivity index (χ1n) is 6.91. The van der Waals surface area contributed by atoms with E-state index in [-0.39, 0.29) is 5.97 Å². The fraction of sp³-hybridized carbons (Fsp3) is 0.769. The van der Waals surface area contributed by atoms with Crippen molar-refractivity contribution < 1.29 is 9.53 Å². The summed E-state index contributed by atoms with van der Waals surface area (Å²) in [6.07, 6.45) is 2.81. The Hall–Kier alpha value is -1.04. The Bertz CT molecular complexity index is 393. The fourth-order valence-corrected chi connectivity index (χ4v) is 2.44. The third kappa shape index (κ3) is 4.86. The molecule has 0 saturated heterocycles. The number of aromatic nitrogens is 3. The number of aryl methyl sites for hydroxylation is 1. The lowest BCUT2D eigenvalue weighted by Gasteiger charge is -2.06. The summed E-state index contributed by atoms with van der Waals surface area (Å²) >= 11 is 1.91. The first-order chi connectivity index (χ1) is 9.24. The lowest BCUT2D eigenvalue weighted by molar-refractivity contribution is 0.0518. The van der Waals surface area contributed by atoms with Gasteiger partial charge in [-0.1, -0.05) is 25.5 Å². The van der Waals surface area contributed by atoms with Crippen LogP contribution < -0.4 is 0 Å². The van der Waals surface area contributed by atoms with Crippen LogP contribution in [0.2, 0.25) is 0 Å². The first-order valence-corrected chi connectivity index (χ1v) is 8.07. The summed E-state index contributed by atoms with van der Waals surface area (Å²) < 4.78 is 6.87. The third-order valence-corrected chi connectivity index (χ3v) is 3.64. The second-order valence-electron chi connectivity index (χ2n) is 4.13. The monoisotopic (exact) mass is 285 g/mol. The molecule has 0 unspecified atom stereocenters. The molecule has 1 rings (SSSR count). The fourth-order valence-electron chi connectivity index (χ4n) is 1.82. The van der Waals surface area contributed by atoms with E-state index in [1.54, 1.807) is 6.92 Å². The summed E-state index contributed by atoms with van der Waals surface area (Å²) in [4.78, 5) is 11.8. The molecule has 5 nitrogen and oxygen atoms in total. The minimum Gasteiger partial charge on any atom is -0.461 e. The highest BCUT2D eigenvalue weighted by atomic mass is 32.2. The quantitative estimate of drug-likeness (QED) is 0.515. The molecule has 6 heteroatoms. The Morgan fingerprint density at radius 1 is 1.37 bits per heavy atom. The number of hydrogen-bond donors (Lipinski definition) is 0. The normalized spacial score (nSPS) is 10.7. The molecule has 0 radical (unpaired) electrons. The van der Waals surface area contributed by atoms with Crippen LogP contribution in [0.3, 0.4) is 0 Å². The van der Waals surface area contributed by atoms with Gasteiger partial charge in [-0.2, -0.15) is 11.8 Å². The van der Waals surface area contributed by atoms with Gasteiger partial charge in [0.2, 0.25) is 0 Å². The van der Waals surface area contributed by atoms with Crippen molar-refractivity contribution >= 4 is 17.7 Å². The molecule has 0 fully saturated rings. The van der Waals surface area contributed by atoms with Gasteiger partial charge in [0, 0.05) is 6.54 Å². The number of carbonyl (C=O) groups is 1. The van der Waals surface area contributed by atoms with Crippen LogP contribution in [0.1, 0.15) is 49.8 Å². The number of esters is 1. The molecule has 0 aliphatic rings.